The van der Waals surface area contributed by atoms with Gasteiger partial charge < -0.3 is 28.4 Å². The molecule has 69 heavy (non-hydrogen) atoms. The monoisotopic (exact) mass is 964 g/mol. The number of hydrazine groups is 2. The summed E-state index contributed by atoms with van der Waals surface area (Å²) in [4.78, 5) is 65.6. The number of hydrogen-bond donors (Lipinski definition) is 1. The molecule has 0 atom stereocenters. The quantitative estimate of drug-likeness (QED) is 0.164. The van der Waals surface area contributed by atoms with E-state index in [-0.39, 0.29) is 67.0 Å². The van der Waals surface area contributed by atoms with Crippen LogP contribution in [0.3, 0.4) is 0 Å². The van der Waals surface area contributed by atoms with Crippen molar-refractivity contribution >= 4 is 34.6 Å². The summed E-state index contributed by atoms with van der Waals surface area (Å²) in [6, 6.07) is 32.5. The molecule has 0 radical (unpaired) electrons. The molecule has 6 heterocycles. The van der Waals surface area contributed by atoms with Crippen molar-refractivity contribution in [2.45, 2.75) is 24.4 Å². The number of benzene rings is 4. The highest BCUT2D eigenvalue weighted by Gasteiger charge is 2.51. The van der Waals surface area contributed by atoms with Gasteiger partial charge in [-0.1, -0.05) is 60.7 Å². The first-order chi connectivity index (χ1) is 33.4. The van der Waals surface area contributed by atoms with Crippen LogP contribution in [0.15, 0.2) is 134 Å². The van der Waals surface area contributed by atoms with E-state index in [1.54, 1.807) is 48.5 Å². The van der Waals surface area contributed by atoms with Crippen LogP contribution in [0, 0.1) is 11.6 Å². The van der Waals surface area contributed by atoms with E-state index in [2.05, 4.69) is 25.4 Å². The topological polar surface area (TPSA) is 197 Å². The van der Waals surface area contributed by atoms with Gasteiger partial charge in [-0.25, -0.2) is 34.2 Å². The van der Waals surface area contributed by atoms with Crippen LogP contribution < -0.4 is 14.9 Å². The second-order valence-electron chi connectivity index (χ2n) is 15.5. The zero-order valence-electron chi connectivity index (χ0n) is 36.6. The first-order valence-corrected chi connectivity index (χ1v) is 21.8. The molecule has 0 aliphatic carbocycles. The largest absolute Gasteiger partial charge is 0.424 e. The molecular formula is C48H43ClF2N8O10. The molecule has 18 nitrogen and oxygen atoms in total. The van der Waals surface area contributed by atoms with E-state index in [0.29, 0.717) is 56.6 Å². The first kappa shape index (κ1) is 48.1. The lowest BCUT2D eigenvalue weighted by atomic mass is 10.1. The number of para-hydroxylation sites is 2. The van der Waals surface area contributed by atoms with Gasteiger partial charge in [0.15, 0.2) is 0 Å². The number of carbonyl (C=O) groups is 4. The normalized spacial score (nSPS) is 16.4. The summed E-state index contributed by atoms with van der Waals surface area (Å²) in [5.74, 6) is -2.31. The van der Waals surface area contributed by atoms with Crippen molar-refractivity contribution in [2.24, 2.45) is 0 Å². The summed E-state index contributed by atoms with van der Waals surface area (Å²) >= 11 is 5.29. The molecule has 3 amide bonds. The van der Waals surface area contributed by atoms with Crippen LogP contribution in [-0.2, 0) is 41.4 Å². The van der Waals surface area contributed by atoms with E-state index < -0.39 is 28.5 Å². The fraction of sp³-hybridized carbons (Fsp3) is 0.250. The number of carbonyl (C=O) groups excluding carboxylic acids is 4. The lowest BCUT2D eigenvalue weighted by Crippen LogP contribution is -2.45. The predicted octanol–water partition coefficient (Wildman–Crippen LogP) is 5.70. The van der Waals surface area contributed by atoms with Gasteiger partial charge in [0, 0.05) is 12.4 Å². The fourth-order valence-corrected chi connectivity index (χ4v) is 7.37. The molecule has 0 unspecified atom stereocenters. The van der Waals surface area contributed by atoms with Gasteiger partial charge >= 0.3 is 12.0 Å². The Bertz CT molecular complexity index is 2720. The van der Waals surface area contributed by atoms with E-state index in [1.165, 1.54) is 76.0 Å². The van der Waals surface area contributed by atoms with Crippen LogP contribution in [0.5, 0.6) is 23.5 Å². The van der Waals surface area contributed by atoms with Crippen LogP contribution in [0.2, 0.25) is 0 Å². The van der Waals surface area contributed by atoms with Crippen molar-refractivity contribution in [3.63, 3.8) is 0 Å². The molecule has 4 fully saturated rings. The van der Waals surface area contributed by atoms with Crippen molar-refractivity contribution in [2.75, 3.05) is 52.6 Å². The molecule has 0 bridgehead atoms. The summed E-state index contributed by atoms with van der Waals surface area (Å²) in [6.07, 6.45) is 3.04. The van der Waals surface area contributed by atoms with Gasteiger partial charge in [-0.2, -0.15) is 9.97 Å². The van der Waals surface area contributed by atoms with Gasteiger partial charge in [0.1, 0.15) is 34.5 Å². The number of aromatic nitrogens is 4. The summed E-state index contributed by atoms with van der Waals surface area (Å²) in [7, 11) is 0. The molecule has 10 rings (SSSR count). The molecule has 21 heteroatoms. The summed E-state index contributed by atoms with van der Waals surface area (Å²) in [6.45, 7) is 2.78. The van der Waals surface area contributed by atoms with Crippen LogP contribution in [0.1, 0.15) is 32.1 Å². The van der Waals surface area contributed by atoms with Crippen LogP contribution in [-0.4, -0.2) is 122 Å². The Kier molecular flexibility index (Phi) is 15.5. The Morgan fingerprint density at radius 1 is 0.580 bits per heavy atom. The Morgan fingerprint density at radius 3 is 1.57 bits per heavy atom. The van der Waals surface area contributed by atoms with E-state index in [0.717, 1.165) is 5.56 Å². The standard InChI is InChI=1S/C24H21FN4O5.C13H15FN2O3.C11H7ClN2O2/c25-18-8-6-17(7-9-18)14-21(30)28-15-24(32-12-13-33-24)16-29(28)22(31)20-10-11-26-23(27-20)34-19-4-2-1-3-5-19;14-11-3-1-10(2-4-11)7-12(17)16-9-13(8-15-16)18-5-6-19-13;12-10(15)9-6-7-13-11(14-9)16-8-4-2-1-3-5-8/h1-11H,12-16H2;1-4,15H,5-9H2;1-7H. The lowest BCUT2D eigenvalue weighted by molar-refractivity contribution is -0.147. The predicted molar refractivity (Wildman–Crippen MR) is 239 cm³/mol. The van der Waals surface area contributed by atoms with E-state index in [4.69, 9.17) is 40.0 Å². The third-order valence-electron chi connectivity index (χ3n) is 10.6. The van der Waals surface area contributed by atoms with Gasteiger partial charge in [-0.05, 0) is 83.4 Å². The number of halogens is 3. The summed E-state index contributed by atoms with van der Waals surface area (Å²) in [5, 5.41) is 3.44. The van der Waals surface area contributed by atoms with Crippen molar-refractivity contribution in [1.29, 1.82) is 0 Å². The van der Waals surface area contributed by atoms with Crippen LogP contribution >= 0.6 is 11.6 Å². The minimum absolute atomic E-state index is 0.00325. The Hall–Kier alpha value is -7.33. The fourth-order valence-electron chi connectivity index (χ4n) is 7.27. The number of amides is 3. The van der Waals surface area contributed by atoms with E-state index >= 15 is 0 Å². The molecule has 1 N–H and O–H groups in total. The minimum Gasteiger partial charge on any atom is -0.424 e. The van der Waals surface area contributed by atoms with Crippen molar-refractivity contribution < 1.29 is 56.4 Å². The van der Waals surface area contributed by atoms with Gasteiger partial charge in [0.2, 0.25) is 23.4 Å². The van der Waals surface area contributed by atoms with Gasteiger partial charge in [0.25, 0.3) is 11.1 Å². The molecule has 2 aromatic heterocycles. The van der Waals surface area contributed by atoms with Gasteiger partial charge in [0.05, 0.1) is 65.4 Å². The third kappa shape index (κ3) is 12.8. The van der Waals surface area contributed by atoms with Gasteiger partial charge in [-0.3, -0.25) is 24.2 Å². The number of nitrogens with zero attached hydrogens (tertiary/aromatic N) is 7. The number of hydrogen-bond acceptors (Lipinski definition) is 15. The summed E-state index contributed by atoms with van der Waals surface area (Å²) < 4.78 is 59.5. The highest BCUT2D eigenvalue weighted by Crippen LogP contribution is 2.31. The third-order valence-corrected chi connectivity index (χ3v) is 10.8. The van der Waals surface area contributed by atoms with Crippen LogP contribution in [0.4, 0.5) is 8.78 Å². The maximum atomic E-state index is 13.4. The molecule has 6 aromatic rings. The highest BCUT2D eigenvalue weighted by atomic mass is 35.5. The maximum Gasteiger partial charge on any atom is 0.322 e. The Balaban J connectivity index is 0.000000154. The lowest BCUT2D eigenvalue weighted by Gasteiger charge is -2.26. The maximum absolute atomic E-state index is 13.4. The average Bonchev–Trinajstić information content (AvgIpc) is 4.21. The highest BCUT2D eigenvalue weighted by molar-refractivity contribution is 6.67. The molecule has 4 saturated heterocycles. The first-order valence-electron chi connectivity index (χ1n) is 21.5. The van der Waals surface area contributed by atoms with Crippen molar-refractivity contribution in [3.8, 4) is 23.5 Å². The minimum atomic E-state index is -1.09. The SMILES string of the molecule is O=C(Cc1ccc(F)cc1)N1CC2(CN1)OCCO2.O=C(Cc1ccc(F)cc1)N1CC2(CN1C(=O)c1ccnc(Oc3ccccc3)n1)OCCO2.O=C(Cl)c1ccnc(Oc2ccccc2)n1. The van der Waals surface area contributed by atoms with E-state index in [9.17, 15) is 28.0 Å². The van der Waals surface area contributed by atoms with Crippen LogP contribution in [0.25, 0.3) is 0 Å². The van der Waals surface area contributed by atoms with Crippen molar-refractivity contribution in [3.05, 3.63) is 168 Å². The number of ether oxygens (including phenoxy) is 6. The molecule has 0 saturated carbocycles. The second-order valence-corrected chi connectivity index (χ2v) is 15.8. The van der Waals surface area contributed by atoms with Gasteiger partial charge in [-0.15, -0.1) is 0 Å². The number of nitrogens with one attached hydrogen (secondary N) is 1. The molecule has 4 aliphatic rings. The average molecular weight is 965 g/mol. The van der Waals surface area contributed by atoms with E-state index in [1.807, 2.05) is 24.3 Å². The molecule has 4 aromatic carbocycles. The number of rotatable bonds is 10. The zero-order valence-corrected chi connectivity index (χ0v) is 37.4. The smallest absolute Gasteiger partial charge is 0.322 e. The Labute approximate surface area is 398 Å². The summed E-state index contributed by atoms with van der Waals surface area (Å²) in [5.41, 5.74) is 4.54. The molecular weight excluding hydrogens is 922 g/mol. The second kappa shape index (κ2) is 22.2. The molecule has 2 spiro atoms. The van der Waals surface area contributed by atoms with Crippen molar-refractivity contribution in [1.82, 2.24) is 40.4 Å². The zero-order chi connectivity index (χ0) is 48.2. The molecule has 356 valence electrons. The molecule has 4 aliphatic heterocycles. The Morgan fingerprint density at radius 2 is 1.04 bits per heavy atom.